The molecule has 70 heavy (non-hydrogen) atoms. The highest BCUT2D eigenvalue weighted by atomic mass is 16.2. The molecule has 4 aliphatic heterocycles. The molecule has 14 heteroatoms. The van der Waals surface area contributed by atoms with Crippen molar-refractivity contribution < 1.29 is 38.4 Å². The monoisotopic (exact) mass is 946 g/mol. The molecule has 0 atom stereocenters. The number of hydrogen-bond acceptors (Lipinski definition) is 10. The maximum atomic E-state index is 13.7. The Hall–Kier alpha value is -6.70. The average Bonchev–Trinajstić information content (AvgIpc) is 3.79. The number of nitrogens with zero attached hydrogens (tertiary/aromatic N) is 6. The molecule has 8 amide bonds. The smallest absolute Gasteiger partial charge is 0.238 e. The molecule has 364 valence electrons. The number of hydrogen-bond donors (Lipinski definition) is 0. The fraction of sp³-hybridized carbons (Fsp3) is 0.464. The van der Waals surface area contributed by atoms with Crippen molar-refractivity contribution >= 4 is 70.0 Å². The summed E-state index contributed by atoms with van der Waals surface area (Å²) in [5.41, 5.74) is 18.3. The summed E-state index contributed by atoms with van der Waals surface area (Å²) in [7, 11) is 0. The topological polar surface area (TPSA) is 175 Å². The molecule has 14 nitrogen and oxygen atoms in total. The molecule has 4 aromatic rings. The SMILES string of the molecule is Cc1c(C)c(C)c(N2C(=O)C3C(C2=O)C2C(=O)N(c4c(C)c(C)c(C)c(C)c4C)C(=O)C32)c(C)c1C.Cc1nc(C)c(C)c(N2C(=O)C3C(C2=O)C2C(=O)N(c4c(C)c(C)nc(C)c4C)C(=O)C32)c1C. The van der Waals surface area contributed by atoms with Crippen molar-refractivity contribution in [3.8, 4) is 0 Å². The Morgan fingerprint density at radius 1 is 0.214 bits per heavy atom. The standard InChI is InChI=1S/C30H34N2O4.C26H28N4O4/c1-11-13(3)17(7)25(18(8)14(11)4)31-27(33)21-22(28(31)34)24-23(21)29(35)32(30(24)36)26-19(9)15(5)12(2)16(6)20(26)10;1-9-13(5)27-14(6)10(2)21(9)29-23(31)17-18(24(29)32)20-19(17)25(33)30(26(20)34)22-11(3)15(7)28-16(8)12(22)4/h21-24H,1-10H3;17-20H,1-8H3. The molecule has 0 N–H and O–H groups in total. The summed E-state index contributed by atoms with van der Waals surface area (Å²) in [5.74, 6) is -9.36. The highest BCUT2D eigenvalue weighted by molar-refractivity contribution is 6.34. The molecule has 0 radical (unpaired) electrons. The van der Waals surface area contributed by atoms with E-state index in [0.29, 0.717) is 22.7 Å². The molecule has 6 fully saturated rings. The van der Waals surface area contributed by atoms with E-state index >= 15 is 0 Å². The van der Waals surface area contributed by atoms with E-state index in [-0.39, 0.29) is 23.6 Å². The first-order chi connectivity index (χ1) is 32.6. The Morgan fingerprint density at radius 3 is 0.500 bits per heavy atom. The van der Waals surface area contributed by atoms with Crippen LogP contribution in [0.1, 0.15) is 101 Å². The van der Waals surface area contributed by atoms with Crippen LogP contribution >= 0.6 is 0 Å². The zero-order chi connectivity index (χ0) is 51.7. The second-order valence-electron chi connectivity index (χ2n) is 21.0. The number of carbonyl (C=O) groups is 8. The van der Waals surface area contributed by atoms with Crippen LogP contribution in [0.2, 0.25) is 0 Å². The molecule has 10 rings (SSSR count). The van der Waals surface area contributed by atoms with Gasteiger partial charge in [-0.05, 0) is 203 Å². The maximum Gasteiger partial charge on any atom is 0.238 e. The van der Waals surface area contributed by atoms with E-state index in [2.05, 4.69) is 9.97 Å². The van der Waals surface area contributed by atoms with Gasteiger partial charge in [-0.3, -0.25) is 48.3 Å². The van der Waals surface area contributed by atoms with Crippen molar-refractivity contribution in [2.75, 3.05) is 19.6 Å². The lowest BCUT2D eigenvalue weighted by molar-refractivity contribution is -0.146. The number of rotatable bonds is 4. The first kappa shape index (κ1) is 48.3. The third-order valence-corrected chi connectivity index (χ3v) is 18.2. The number of fused-ring (bicyclic) bond motifs is 8. The number of aryl methyl sites for hydroxylation is 4. The number of aromatic nitrogens is 2. The number of benzene rings is 2. The highest BCUT2D eigenvalue weighted by Crippen LogP contribution is 2.60. The normalized spacial score (nSPS) is 25.4. The zero-order valence-electron chi connectivity index (χ0n) is 43.6. The van der Waals surface area contributed by atoms with Crippen LogP contribution in [-0.4, -0.2) is 57.2 Å². The molecule has 6 heterocycles. The van der Waals surface area contributed by atoms with Crippen molar-refractivity contribution in [2.24, 2.45) is 47.3 Å². The van der Waals surface area contributed by atoms with Gasteiger partial charge in [0.15, 0.2) is 0 Å². The molecular formula is C56H62N6O8. The van der Waals surface area contributed by atoms with Gasteiger partial charge >= 0.3 is 0 Å². The van der Waals surface area contributed by atoms with E-state index in [1.54, 1.807) is 0 Å². The van der Waals surface area contributed by atoms with E-state index in [9.17, 15) is 38.4 Å². The van der Waals surface area contributed by atoms with Crippen LogP contribution in [0, 0.1) is 172 Å². The van der Waals surface area contributed by atoms with E-state index in [4.69, 9.17) is 0 Å². The summed E-state index contributed by atoms with van der Waals surface area (Å²) in [5, 5.41) is 0. The van der Waals surface area contributed by atoms with Gasteiger partial charge in [0.25, 0.3) is 0 Å². The molecule has 2 saturated carbocycles. The first-order valence-electron chi connectivity index (χ1n) is 24.2. The van der Waals surface area contributed by atoms with Crippen LogP contribution in [0.4, 0.5) is 22.7 Å². The van der Waals surface area contributed by atoms with E-state index in [1.807, 2.05) is 125 Å². The minimum Gasteiger partial charge on any atom is -0.274 e. The fourth-order valence-corrected chi connectivity index (χ4v) is 12.9. The van der Waals surface area contributed by atoms with Gasteiger partial charge in [0, 0.05) is 22.8 Å². The Balaban J connectivity index is 0.000000174. The minimum atomic E-state index is -0.809. The fourth-order valence-electron chi connectivity index (χ4n) is 12.9. The summed E-state index contributed by atoms with van der Waals surface area (Å²) in [4.78, 5) is 123. The molecule has 0 spiro atoms. The minimum absolute atomic E-state index is 0.354. The largest absolute Gasteiger partial charge is 0.274 e. The van der Waals surface area contributed by atoms with Gasteiger partial charge < -0.3 is 0 Å². The summed E-state index contributed by atoms with van der Waals surface area (Å²) < 4.78 is 0. The van der Waals surface area contributed by atoms with Crippen LogP contribution < -0.4 is 19.6 Å². The number of amides is 8. The van der Waals surface area contributed by atoms with Crippen LogP contribution in [0.25, 0.3) is 0 Å². The Labute approximate surface area is 409 Å². The number of pyridine rings is 2. The Bertz CT molecular complexity index is 2820. The molecule has 6 aliphatic rings. The Morgan fingerprint density at radius 2 is 0.343 bits per heavy atom. The van der Waals surface area contributed by atoms with Gasteiger partial charge in [-0.2, -0.15) is 0 Å². The van der Waals surface area contributed by atoms with Crippen molar-refractivity contribution in [3.63, 3.8) is 0 Å². The van der Waals surface area contributed by atoms with E-state index in [0.717, 1.165) is 101 Å². The summed E-state index contributed by atoms with van der Waals surface area (Å²) in [6.07, 6.45) is 0. The second kappa shape index (κ2) is 15.9. The lowest BCUT2D eigenvalue weighted by atomic mass is 9.59. The third kappa shape index (κ3) is 5.97. The van der Waals surface area contributed by atoms with Crippen LogP contribution in [-0.2, 0) is 38.4 Å². The third-order valence-electron chi connectivity index (χ3n) is 18.2. The maximum absolute atomic E-state index is 13.7. The van der Waals surface area contributed by atoms with Gasteiger partial charge in [0.1, 0.15) is 0 Å². The average molecular weight is 947 g/mol. The van der Waals surface area contributed by atoms with Crippen LogP contribution in [0.15, 0.2) is 0 Å². The molecule has 2 aromatic carbocycles. The number of anilines is 4. The highest BCUT2D eigenvalue weighted by Gasteiger charge is 2.75. The quantitative estimate of drug-likeness (QED) is 0.186. The van der Waals surface area contributed by atoms with Crippen LogP contribution in [0.3, 0.4) is 0 Å². The van der Waals surface area contributed by atoms with Crippen molar-refractivity contribution in [1.29, 1.82) is 0 Å². The number of imide groups is 4. The predicted molar refractivity (Wildman–Crippen MR) is 265 cm³/mol. The molecular weight excluding hydrogens is 885 g/mol. The van der Waals surface area contributed by atoms with Crippen molar-refractivity contribution in [1.82, 2.24) is 9.97 Å². The van der Waals surface area contributed by atoms with Gasteiger partial charge in [-0.15, -0.1) is 0 Å². The zero-order valence-corrected chi connectivity index (χ0v) is 43.6. The lowest BCUT2D eigenvalue weighted by Gasteiger charge is -2.36. The van der Waals surface area contributed by atoms with Crippen LogP contribution in [0.5, 0.6) is 0 Å². The van der Waals surface area contributed by atoms with Crippen molar-refractivity contribution in [3.05, 3.63) is 101 Å². The predicted octanol–water partition coefficient (Wildman–Crippen LogP) is 7.56. The molecule has 2 aromatic heterocycles. The molecule has 2 aliphatic carbocycles. The summed E-state index contributed by atoms with van der Waals surface area (Å²) >= 11 is 0. The summed E-state index contributed by atoms with van der Waals surface area (Å²) in [6, 6.07) is 0. The van der Waals surface area contributed by atoms with Gasteiger partial charge in [-0.25, -0.2) is 19.6 Å². The van der Waals surface area contributed by atoms with E-state index < -0.39 is 71.0 Å². The first-order valence-corrected chi connectivity index (χ1v) is 24.2. The van der Waals surface area contributed by atoms with Gasteiger partial charge in [0.2, 0.25) is 47.3 Å². The van der Waals surface area contributed by atoms with Gasteiger partial charge in [-0.1, -0.05) is 0 Å². The molecule has 0 unspecified atom stereocenters. The van der Waals surface area contributed by atoms with E-state index in [1.165, 1.54) is 19.6 Å². The molecule has 0 bridgehead atoms. The second-order valence-corrected chi connectivity index (χ2v) is 21.0. The Kier molecular flexibility index (Phi) is 11.0. The lowest BCUT2D eigenvalue weighted by Crippen LogP contribution is -2.50. The van der Waals surface area contributed by atoms with Crippen molar-refractivity contribution in [2.45, 2.75) is 125 Å². The number of carbonyl (C=O) groups excluding carboxylic acids is 8. The van der Waals surface area contributed by atoms with Gasteiger partial charge in [0.05, 0.1) is 70.1 Å². The molecule has 4 saturated heterocycles. The summed E-state index contributed by atoms with van der Waals surface area (Å²) in [6.45, 7) is 34.5.